The van der Waals surface area contributed by atoms with Crippen LogP contribution in [0, 0.1) is 11.6 Å². The highest BCUT2D eigenvalue weighted by molar-refractivity contribution is 6.12. The lowest BCUT2D eigenvalue weighted by Crippen LogP contribution is -2.09. The first-order valence-corrected chi connectivity index (χ1v) is 15.6. The minimum Gasteiger partial charge on any atom is -0.310 e. The molecule has 0 amide bonds. The lowest BCUT2D eigenvalue weighted by atomic mass is 10.1. The molecular weight excluding hydrogens is 619 g/mol. The molecule has 9 rings (SSSR count). The Kier molecular flexibility index (Phi) is 9.05. The summed E-state index contributed by atoms with van der Waals surface area (Å²) in [5.41, 5.74) is 9.12. The van der Waals surface area contributed by atoms with Gasteiger partial charge in [-0.1, -0.05) is 69.5 Å². The van der Waals surface area contributed by atoms with Crippen LogP contribution in [0.2, 0.25) is 0 Å². The quantitative estimate of drug-likeness (QED) is 0.168. The Hall–Kier alpha value is -6.14. The predicted octanol–water partition coefficient (Wildman–Crippen LogP) is 12.5. The summed E-state index contributed by atoms with van der Waals surface area (Å²) >= 11 is 0. The maximum absolute atomic E-state index is 13.9. The number of hydrogen-bond donors (Lipinski definition) is 0. The van der Waals surface area contributed by atoms with Crippen molar-refractivity contribution >= 4 is 69.1 Å². The summed E-state index contributed by atoms with van der Waals surface area (Å²) in [6.07, 6.45) is 0. The molecule has 0 atom stereocenters. The summed E-state index contributed by atoms with van der Waals surface area (Å²) in [6, 6.07) is 53.5. The average Bonchev–Trinajstić information content (AvgIpc) is 3.62. The summed E-state index contributed by atoms with van der Waals surface area (Å²) in [5.74, 6) is -0.513. The molecule has 3 radical (unpaired) electrons. The van der Waals surface area contributed by atoms with Gasteiger partial charge in [0, 0.05) is 58.4 Å². The fourth-order valence-electron chi connectivity index (χ4n) is 6.96. The second-order valence-corrected chi connectivity index (χ2v) is 11.7. The molecule has 0 aliphatic rings. The Labute approximate surface area is 292 Å². The molecule has 2 aromatic heterocycles. The van der Waals surface area contributed by atoms with Gasteiger partial charge in [-0.15, -0.1) is 0 Å². The summed E-state index contributed by atoms with van der Waals surface area (Å²) in [4.78, 5) is 2.28. The van der Waals surface area contributed by atoms with E-state index in [9.17, 15) is 8.78 Å². The maximum atomic E-state index is 13.9. The van der Waals surface area contributed by atoms with Gasteiger partial charge in [0.1, 0.15) is 11.6 Å². The minimum absolute atomic E-state index is 0. The number of hydrogen-bond acceptors (Lipinski definition) is 1. The second kappa shape index (κ2) is 13.4. The second-order valence-electron chi connectivity index (χ2n) is 11.7. The lowest BCUT2D eigenvalue weighted by molar-refractivity contribution is 0.627. The van der Waals surface area contributed by atoms with E-state index in [0.717, 1.165) is 72.0 Å². The van der Waals surface area contributed by atoms with E-state index in [1.54, 1.807) is 0 Å². The zero-order valence-corrected chi connectivity index (χ0v) is 25.8. The number of nitrogens with zero attached hydrogens (tertiary/aromatic N) is 3. The van der Waals surface area contributed by atoms with Crippen LogP contribution in [0.4, 0.5) is 25.8 Å². The third-order valence-electron chi connectivity index (χ3n) is 9.01. The van der Waals surface area contributed by atoms with E-state index in [1.165, 1.54) is 24.3 Å². The molecule has 0 aliphatic heterocycles. The Morgan fingerprint density at radius 2 is 0.740 bits per heavy atom. The first kappa shape index (κ1) is 33.8. The highest BCUT2D eigenvalue weighted by Crippen LogP contribution is 2.42. The highest BCUT2D eigenvalue weighted by atomic mass is 19.1. The summed E-state index contributed by atoms with van der Waals surface area (Å²) in [6.45, 7) is 0. The first-order chi connectivity index (χ1) is 23.1. The minimum atomic E-state index is -0.256. The molecular formula is C44H35BF2N3. The third-order valence-corrected chi connectivity index (χ3v) is 9.01. The Balaban J connectivity index is 0.00000144. The van der Waals surface area contributed by atoms with Gasteiger partial charge in [-0.2, -0.15) is 0 Å². The smallest absolute Gasteiger partial charge is 0.123 e. The van der Waals surface area contributed by atoms with Crippen molar-refractivity contribution in [1.82, 2.24) is 9.13 Å². The Morgan fingerprint density at radius 3 is 1.18 bits per heavy atom. The molecule has 0 fully saturated rings. The monoisotopic (exact) mass is 654 g/mol. The average molecular weight is 655 g/mol. The number of halogens is 2. The van der Waals surface area contributed by atoms with Crippen LogP contribution in [0.5, 0.6) is 0 Å². The zero-order valence-electron chi connectivity index (χ0n) is 25.8. The van der Waals surface area contributed by atoms with Gasteiger partial charge in [0.15, 0.2) is 0 Å². The molecule has 3 nitrogen and oxygen atoms in total. The number of anilines is 3. The molecule has 50 heavy (non-hydrogen) atoms. The highest BCUT2D eigenvalue weighted by Gasteiger charge is 2.19. The van der Waals surface area contributed by atoms with E-state index in [0.29, 0.717) is 0 Å². The third kappa shape index (κ3) is 5.39. The van der Waals surface area contributed by atoms with Gasteiger partial charge in [-0.3, -0.25) is 0 Å². The SMILES string of the molecule is C.C.Fc1ccc(-n2c3ccccc3c3cc(N(c4ccccc4)c4ccc5c(c4)c4ccccc4n5-c4ccc(F)cc4)ccc32)cc1.[B]. The van der Waals surface area contributed by atoms with Gasteiger partial charge in [0.2, 0.25) is 0 Å². The molecule has 0 unspecified atom stereocenters. The molecule has 243 valence electrons. The summed E-state index contributed by atoms with van der Waals surface area (Å²) in [5, 5.41) is 4.47. The maximum Gasteiger partial charge on any atom is 0.123 e. The van der Waals surface area contributed by atoms with Crippen molar-refractivity contribution in [3.8, 4) is 11.4 Å². The molecule has 9 aromatic rings. The topological polar surface area (TPSA) is 13.1 Å². The molecule has 7 aromatic carbocycles. The zero-order chi connectivity index (χ0) is 31.5. The van der Waals surface area contributed by atoms with Gasteiger partial charge in [0.25, 0.3) is 0 Å². The number of benzene rings is 7. The van der Waals surface area contributed by atoms with Gasteiger partial charge in [-0.05, 0) is 109 Å². The van der Waals surface area contributed by atoms with Gasteiger partial charge in [-0.25, -0.2) is 8.78 Å². The normalized spacial score (nSPS) is 10.9. The molecule has 0 N–H and O–H groups in total. The largest absolute Gasteiger partial charge is 0.310 e. The fraction of sp³-hybridized carbons (Fsp3) is 0.0455. The predicted molar refractivity (Wildman–Crippen MR) is 209 cm³/mol. The van der Waals surface area contributed by atoms with Crippen molar-refractivity contribution in [3.05, 3.63) is 175 Å². The fourth-order valence-corrected chi connectivity index (χ4v) is 6.96. The first-order valence-electron chi connectivity index (χ1n) is 15.6. The van der Waals surface area contributed by atoms with Crippen molar-refractivity contribution in [1.29, 1.82) is 0 Å². The standard InChI is InChI=1S/C42H27F2N3.2CH4.B/c43-28-14-18-31(19-15-28)46-39-12-6-4-10-35(39)37-26-33(22-24-41(37)46)45(30-8-2-1-3-9-30)34-23-25-42-38(27-34)36-11-5-7-13-40(36)47(42)32-20-16-29(44)17-21-32;;;/h1-27H;2*1H4;. The number of aromatic nitrogens is 2. The van der Waals surface area contributed by atoms with E-state index in [4.69, 9.17) is 0 Å². The van der Waals surface area contributed by atoms with Crippen LogP contribution in [0.25, 0.3) is 55.0 Å². The Bertz CT molecular complexity index is 2430. The van der Waals surface area contributed by atoms with Crippen LogP contribution in [0.15, 0.2) is 164 Å². The van der Waals surface area contributed by atoms with Gasteiger partial charge < -0.3 is 14.0 Å². The number of para-hydroxylation sites is 3. The summed E-state index contributed by atoms with van der Waals surface area (Å²) < 4.78 is 32.1. The molecule has 2 heterocycles. The lowest BCUT2D eigenvalue weighted by Gasteiger charge is -2.26. The molecule has 0 spiro atoms. The van der Waals surface area contributed by atoms with Gasteiger partial charge >= 0.3 is 0 Å². The number of fused-ring (bicyclic) bond motifs is 6. The van der Waals surface area contributed by atoms with Crippen molar-refractivity contribution in [2.24, 2.45) is 0 Å². The van der Waals surface area contributed by atoms with E-state index in [-0.39, 0.29) is 34.9 Å². The molecule has 0 saturated heterocycles. The van der Waals surface area contributed by atoms with Crippen molar-refractivity contribution in [2.45, 2.75) is 14.9 Å². The van der Waals surface area contributed by atoms with Crippen molar-refractivity contribution < 1.29 is 8.78 Å². The molecule has 0 saturated carbocycles. The number of rotatable bonds is 5. The van der Waals surface area contributed by atoms with Crippen molar-refractivity contribution in [3.63, 3.8) is 0 Å². The van der Waals surface area contributed by atoms with Crippen molar-refractivity contribution in [2.75, 3.05) is 4.90 Å². The van der Waals surface area contributed by atoms with Crippen LogP contribution in [0.1, 0.15) is 14.9 Å². The van der Waals surface area contributed by atoms with E-state index in [2.05, 4.69) is 111 Å². The Morgan fingerprint density at radius 1 is 0.360 bits per heavy atom. The molecule has 0 bridgehead atoms. The van der Waals surface area contributed by atoms with Crippen LogP contribution >= 0.6 is 0 Å². The molecule has 6 heteroatoms. The molecule has 0 aliphatic carbocycles. The van der Waals surface area contributed by atoms with E-state index in [1.807, 2.05) is 42.5 Å². The van der Waals surface area contributed by atoms with E-state index < -0.39 is 0 Å². The summed E-state index contributed by atoms with van der Waals surface area (Å²) in [7, 11) is 0. The van der Waals surface area contributed by atoms with Crippen LogP contribution in [-0.4, -0.2) is 17.5 Å². The van der Waals surface area contributed by atoms with Crippen LogP contribution in [0.3, 0.4) is 0 Å². The van der Waals surface area contributed by atoms with Gasteiger partial charge in [0.05, 0.1) is 22.1 Å². The van der Waals surface area contributed by atoms with Crippen LogP contribution in [-0.2, 0) is 0 Å². The van der Waals surface area contributed by atoms with E-state index >= 15 is 0 Å². The van der Waals surface area contributed by atoms with Crippen LogP contribution < -0.4 is 4.90 Å².